The van der Waals surface area contributed by atoms with E-state index in [0.717, 1.165) is 18.3 Å². The number of hydrogen-bond donors (Lipinski definition) is 0. The van der Waals surface area contributed by atoms with Crippen molar-refractivity contribution in [3.63, 3.8) is 0 Å². The number of rotatable bonds is 8. The molecule has 1 nitrogen and oxygen atoms in total. The molecule has 0 spiro atoms. The van der Waals surface area contributed by atoms with Gasteiger partial charge in [0.2, 0.25) is 0 Å². The minimum absolute atomic E-state index is 0.230. The summed E-state index contributed by atoms with van der Waals surface area (Å²) in [6.45, 7) is 37.5. The molecule has 0 radical (unpaired) electrons. The van der Waals surface area contributed by atoms with Gasteiger partial charge in [-0.25, -0.2) is 0 Å². The molecule has 0 bridgehead atoms. The molecule has 1 aliphatic heterocycles. The Labute approximate surface area is 195 Å². The third-order valence-corrected chi connectivity index (χ3v) is 10.6. The second-order valence-corrected chi connectivity index (χ2v) is 15.2. The Morgan fingerprint density at radius 2 is 1.47 bits per heavy atom. The molecule has 0 aromatic carbocycles. The van der Waals surface area contributed by atoms with Crippen LogP contribution in [0.4, 0.5) is 0 Å². The first kappa shape index (κ1) is 28.3. The molecule has 1 heterocycles. The molecule has 0 aliphatic carbocycles. The fourth-order valence-electron chi connectivity index (χ4n) is 9.01. The molecule has 0 aromatic rings. The average molecular weight is 440 g/mol. The standard InChI is InChI=1S/C28H57NS/c1-15-24(7,8)28(22(5)19-26(11,12)29(16-2)17-3)21(4)18-23(6)30-27(13,14)20-25(28,9)10/h21-23H,15-20H2,1-14H3. The lowest BCUT2D eigenvalue weighted by atomic mass is 9.40. The third-order valence-electron chi connectivity index (χ3n) is 9.18. The van der Waals surface area contributed by atoms with Crippen LogP contribution in [-0.4, -0.2) is 33.5 Å². The van der Waals surface area contributed by atoms with Crippen LogP contribution in [0, 0.1) is 28.1 Å². The SMILES string of the molecule is CCN(CC)C(C)(C)CC(C)C1(C(C)(C)CC)C(C)CC(C)SC(C)(C)CC1(C)C. The summed E-state index contributed by atoms with van der Waals surface area (Å²) in [5.41, 5.74) is 1.10. The van der Waals surface area contributed by atoms with Crippen molar-refractivity contribution >= 4 is 11.8 Å². The van der Waals surface area contributed by atoms with Gasteiger partial charge in [0.25, 0.3) is 0 Å². The van der Waals surface area contributed by atoms with E-state index in [0.29, 0.717) is 27.4 Å². The van der Waals surface area contributed by atoms with Crippen LogP contribution in [-0.2, 0) is 0 Å². The quantitative estimate of drug-likeness (QED) is 0.371. The predicted molar refractivity (Wildman–Crippen MR) is 141 cm³/mol. The summed E-state index contributed by atoms with van der Waals surface area (Å²) < 4.78 is 0.326. The van der Waals surface area contributed by atoms with E-state index in [-0.39, 0.29) is 11.0 Å². The lowest BCUT2D eigenvalue weighted by Gasteiger charge is -2.66. The predicted octanol–water partition coefficient (Wildman–Crippen LogP) is 8.91. The topological polar surface area (TPSA) is 3.24 Å². The first-order valence-corrected chi connectivity index (χ1v) is 13.7. The lowest BCUT2D eigenvalue weighted by molar-refractivity contribution is -0.159. The molecule has 0 N–H and O–H groups in total. The Bertz CT molecular complexity index is 543. The van der Waals surface area contributed by atoms with Gasteiger partial charge in [-0.05, 0) is 74.3 Å². The van der Waals surface area contributed by atoms with E-state index in [2.05, 4.69) is 114 Å². The van der Waals surface area contributed by atoms with Crippen LogP contribution >= 0.6 is 11.8 Å². The summed E-state index contributed by atoms with van der Waals surface area (Å²) in [5, 5.41) is 0.723. The number of thioether (sulfide) groups is 1. The minimum atomic E-state index is 0.230. The van der Waals surface area contributed by atoms with Gasteiger partial charge < -0.3 is 0 Å². The molecular formula is C28H57NS. The first-order chi connectivity index (χ1) is 13.4. The highest BCUT2D eigenvalue weighted by molar-refractivity contribution is 8.01. The van der Waals surface area contributed by atoms with E-state index in [1.807, 2.05) is 0 Å². The zero-order valence-electron chi connectivity index (χ0n) is 23.3. The van der Waals surface area contributed by atoms with Gasteiger partial charge in [0.05, 0.1) is 0 Å². The van der Waals surface area contributed by atoms with Crippen molar-refractivity contribution in [2.24, 2.45) is 28.1 Å². The van der Waals surface area contributed by atoms with Gasteiger partial charge in [0.15, 0.2) is 0 Å². The Kier molecular flexibility index (Phi) is 9.13. The lowest BCUT2D eigenvalue weighted by Crippen LogP contribution is -2.61. The first-order valence-electron chi connectivity index (χ1n) is 12.9. The van der Waals surface area contributed by atoms with E-state index in [4.69, 9.17) is 0 Å². The van der Waals surface area contributed by atoms with Crippen LogP contribution in [0.15, 0.2) is 0 Å². The maximum absolute atomic E-state index is 2.68. The van der Waals surface area contributed by atoms with Crippen molar-refractivity contribution in [2.45, 2.75) is 138 Å². The fraction of sp³-hybridized carbons (Fsp3) is 1.00. The molecule has 2 heteroatoms. The highest BCUT2D eigenvalue weighted by Crippen LogP contribution is 2.68. The summed E-state index contributed by atoms with van der Waals surface area (Å²) in [4.78, 5) is 2.68. The highest BCUT2D eigenvalue weighted by atomic mass is 32.2. The average Bonchev–Trinajstić information content (AvgIpc) is 2.51. The maximum atomic E-state index is 2.68. The summed E-state index contributed by atoms with van der Waals surface area (Å²) in [7, 11) is 0. The molecular weight excluding hydrogens is 382 g/mol. The summed E-state index contributed by atoms with van der Waals surface area (Å²) in [6.07, 6.45) is 5.14. The van der Waals surface area contributed by atoms with Crippen molar-refractivity contribution in [1.29, 1.82) is 0 Å². The molecule has 1 fully saturated rings. The van der Waals surface area contributed by atoms with Gasteiger partial charge in [-0.1, -0.05) is 89.5 Å². The maximum Gasteiger partial charge on any atom is 0.0155 e. The van der Waals surface area contributed by atoms with Gasteiger partial charge in [-0.2, -0.15) is 11.8 Å². The van der Waals surface area contributed by atoms with Crippen LogP contribution in [0.1, 0.15) is 123 Å². The van der Waals surface area contributed by atoms with Crippen LogP contribution in [0.25, 0.3) is 0 Å². The molecule has 4 atom stereocenters. The Morgan fingerprint density at radius 3 is 1.90 bits per heavy atom. The zero-order valence-corrected chi connectivity index (χ0v) is 24.1. The van der Waals surface area contributed by atoms with Crippen LogP contribution in [0.3, 0.4) is 0 Å². The van der Waals surface area contributed by atoms with Crippen LogP contribution in [0.2, 0.25) is 0 Å². The normalized spacial score (nSPS) is 31.3. The van der Waals surface area contributed by atoms with Gasteiger partial charge in [-0.15, -0.1) is 0 Å². The molecule has 4 unspecified atom stereocenters. The van der Waals surface area contributed by atoms with Gasteiger partial charge in [0, 0.05) is 15.5 Å². The zero-order chi connectivity index (χ0) is 23.8. The van der Waals surface area contributed by atoms with Crippen molar-refractivity contribution < 1.29 is 0 Å². The van der Waals surface area contributed by atoms with Crippen molar-refractivity contribution in [3.8, 4) is 0 Å². The van der Waals surface area contributed by atoms with Crippen LogP contribution < -0.4 is 0 Å². The molecule has 1 aliphatic rings. The van der Waals surface area contributed by atoms with E-state index < -0.39 is 0 Å². The second kappa shape index (κ2) is 9.66. The van der Waals surface area contributed by atoms with Gasteiger partial charge in [0.1, 0.15) is 0 Å². The Hall–Kier alpha value is 0.310. The van der Waals surface area contributed by atoms with Crippen LogP contribution in [0.5, 0.6) is 0 Å². The smallest absolute Gasteiger partial charge is 0.0155 e. The fourth-order valence-corrected chi connectivity index (χ4v) is 10.9. The molecule has 30 heavy (non-hydrogen) atoms. The Balaban J connectivity index is 3.68. The van der Waals surface area contributed by atoms with Crippen molar-refractivity contribution in [1.82, 2.24) is 4.90 Å². The number of hydrogen-bond acceptors (Lipinski definition) is 2. The van der Waals surface area contributed by atoms with E-state index in [1.165, 1.54) is 25.7 Å². The van der Waals surface area contributed by atoms with Gasteiger partial charge >= 0.3 is 0 Å². The number of nitrogens with zero attached hydrogens (tertiary/aromatic N) is 1. The molecule has 0 amide bonds. The largest absolute Gasteiger partial charge is 0.299 e. The van der Waals surface area contributed by atoms with E-state index in [9.17, 15) is 0 Å². The monoisotopic (exact) mass is 439 g/mol. The summed E-state index contributed by atoms with van der Waals surface area (Å²) >= 11 is 2.23. The van der Waals surface area contributed by atoms with E-state index in [1.54, 1.807) is 0 Å². The third kappa shape index (κ3) is 5.27. The van der Waals surface area contributed by atoms with Crippen molar-refractivity contribution in [3.05, 3.63) is 0 Å². The molecule has 180 valence electrons. The Morgan fingerprint density at radius 1 is 0.967 bits per heavy atom. The summed E-state index contributed by atoms with van der Waals surface area (Å²) in [6, 6.07) is 0. The highest BCUT2D eigenvalue weighted by Gasteiger charge is 2.61. The van der Waals surface area contributed by atoms with Gasteiger partial charge in [-0.3, -0.25) is 4.90 Å². The van der Waals surface area contributed by atoms with E-state index >= 15 is 0 Å². The molecule has 1 saturated heterocycles. The summed E-state index contributed by atoms with van der Waals surface area (Å²) in [5.74, 6) is 1.38. The second-order valence-electron chi connectivity index (χ2n) is 13.1. The van der Waals surface area contributed by atoms with Crippen molar-refractivity contribution in [2.75, 3.05) is 13.1 Å². The minimum Gasteiger partial charge on any atom is -0.299 e. The molecule has 0 aromatic heterocycles. The molecule has 1 rings (SSSR count). The molecule has 0 saturated carbocycles.